The van der Waals surface area contributed by atoms with Crippen LogP contribution in [0.1, 0.15) is 36.8 Å². The average molecular weight is 291 g/mol. The van der Waals surface area contributed by atoms with E-state index in [4.69, 9.17) is 9.84 Å². The number of carbonyl (C=O) groups is 1. The zero-order valence-corrected chi connectivity index (χ0v) is 13.0. The minimum atomic E-state index is 0.0279. The number of aryl methyl sites for hydroxylation is 2. The lowest BCUT2D eigenvalue weighted by atomic mass is 9.91. The molecule has 1 aliphatic rings. The Hall–Kier alpha value is -1.55. The Morgan fingerprint density at radius 2 is 1.95 bits per heavy atom. The molecule has 4 heteroatoms. The van der Waals surface area contributed by atoms with E-state index in [0.717, 1.165) is 29.7 Å². The van der Waals surface area contributed by atoms with Gasteiger partial charge in [0.25, 0.3) is 0 Å². The second-order valence-corrected chi connectivity index (χ2v) is 5.82. The first-order chi connectivity index (χ1) is 10.1. The molecule has 0 bridgehead atoms. The summed E-state index contributed by atoms with van der Waals surface area (Å²) >= 11 is 0. The number of hydrogen-bond acceptors (Lipinski definition) is 3. The Morgan fingerprint density at radius 3 is 2.48 bits per heavy atom. The summed E-state index contributed by atoms with van der Waals surface area (Å²) in [5.41, 5.74) is 2.32. The van der Waals surface area contributed by atoms with Crippen LogP contribution in [0.2, 0.25) is 0 Å². The number of aliphatic hydroxyl groups excluding tert-OH is 1. The number of rotatable bonds is 7. The van der Waals surface area contributed by atoms with Crippen molar-refractivity contribution in [1.29, 1.82) is 0 Å². The van der Waals surface area contributed by atoms with E-state index in [1.807, 2.05) is 30.9 Å². The van der Waals surface area contributed by atoms with Crippen LogP contribution in [-0.2, 0) is 4.79 Å². The van der Waals surface area contributed by atoms with Gasteiger partial charge in [-0.1, -0.05) is 6.07 Å². The topological polar surface area (TPSA) is 49.8 Å². The highest BCUT2D eigenvalue weighted by Gasteiger charge is 2.27. The van der Waals surface area contributed by atoms with Gasteiger partial charge in [0.05, 0.1) is 19.6 Å². The minimum Gasteiger partial charge on any atom is -0.493 e. The SMILES string of the molecule is Cc1cc(C)cc(OCCC(=O)N(CCO)C2CCC2)c1. The maximum absolute atomic E-state index is 12.2. The summed E-state index contributed by atoms with van der Waals surface area (Å²) in [5, 5.41) is 9.09. The van der Waals surface area contributed by atoms with Gasteiger partial charge in [-0.15, -0.1) is 0 Å². The molecular formula is C17H25NO3. The zero-order chi connectivity index (χ0) is 15.2. The number of carbonyl (C=O) groups excluding carboxylic acids is 1. The van der Waals surface area contributed by atoms with Gasteiger partial charge in [-0.2, -0.15) is 0 Å². The molecule has 1 aromatic rings. The number of aliphatic hydroxyl groups is 1. The van der Waals surface area contributed by atoms with Gasteiger partial charge in [-0.3, -0.25) is 4.79 Å². The molecule has 2 rings (SSSR count). The Bertz CT molecular complexity index is 463. The first-order valence-electron chi connectivity index (χ1n) is 7.71. The normalized spacial score (nSPS) is 14.6. The molecule has 0 saturated heterocycles. The second kappa shape index (κ2) is 7.46. The maximum Gasteiger partial charge on any atom is 0.226 e. The lowest BCUT2D eigenvalue weighted by Gasteiger charge is -2.37. The standard InChI is InChI=1S/C17H25NO3/c1-13-10-14(2)12-16(11-13)21-9-6-17(20)18(7-8-19)15-4-3-5-15/h10-12,15,19H,3-9H2,1-2H3. The van der Waals surface area contributed by atoms with E-state index >= 15 is 0 Å². The fraction of sp³-hybridized carbons (Fsp3) is 0.588. The Balaban J connectivity index is 1.82. The van der Waals surface area contributed by atoms with Crippen molar-refractivity contribution in [1.82, 2.24) is 4.90 Å². The minimum absolute atomic E-state index is 0.0279. The van der Waals surface area contributed by atoms with Crippen LogP contribution in [0.25, 0.3) is 0 Å². The van der Waals surface area contributed by atoms with E-state index in [0.29, 0.717) is 25.6 Å². The third-order valence-electron chi connectivity index (χ3n) is 3.96. The lowest BCUT2D eigenvalue weighted by Crippen LogP contribution is -2.46. The van der Waals surface area contributed by atoms with Gasteiger partial charge in [-0.05, 0) is 56.4 Å². The molecule has 116 valence electrons. The quantitative estimate of drug-likeness (QED) is 0.839. The van der Waals surface area contributed by atoms with Gasteiger partial charge >= 0.3 is 0 Å². The van der Waals surface area contributed by atoms with Crippen LogP contribution in [0.5, 0.6) is 5.75 Å². The van der Waals surface area contributed by atoms with Crippen molar-refractivity contribution in [3.05, 3.63) is 29.3 Å². The van der Waals surface area contributed by atoms with Gasteiger partial charge in [0.15, 0.2) is 0 Å². The van der Waals surface area contributed by atoms with E-state index < -0.39 is 0 Å². The Kier molecular flexibility index (Phi) is 5.62. The molecule has 0 unspecified atom stereocenters. The fourth-order valence-electron chi connectivity index (χ4n) is 2.73. The molecule has 0 radical (unpaired) electrons. The van der Waals surface area contributed by atoms with Gasteiger partial charge in [0.2, 0.25) is 5.91 Å². The summed E-state index contributed by atoms with van der Waals surface area (Å²) in [6.45, 7) is 4.92. The maximum atomic E-state index is 12.2. The molecule has 1 amide bonds. The van der Waals surface area contributed by atoms with Crippen molar-refractivity contribution in [2.24, 2.45) is 0 Å². The van der Waals surface area contributed by atoms with E-state index in [2.05, 4.69) is 6.07 Å². The average Bonchev–Trinajstić information content (AvgIpc) is 2.34. The number of hydrogen-bond donors (Lipinski definition) is 1. The van der Waals surface area contributed by atoms with Gasteiger partial charge in [0.1, 0.15) is 5.75 Å². The molecule has 1 N–H and O–H groups in total. The molecule has 0 heterocycles. The lowest BCUT2D eigenvalue weighted by molar-refractivity contribution is -0.136. The summed E-state index contributed by atoms with van der Waals surface area (Å²) in [4.78, 5) is 14.0. The van der Waals surface area contributed by atoms with Crippen LogP contribution in [0.4, 0.5) is 0 Å². The molecule has 1 aliphatic carbocycles. The highest BCUT2D eigenvalue weighted by molar-refractivity contribution is 5.76. The summed E-state index contributed by atoms with van der Waals surface area (Å²) in [5.74, 6) is 0.899. The number of nitrogens with zero attached hydrogens (tertiary/aromatic N) is 1. The Morgan fingerprint density at radius 1 is 1.29 bits per heavy atom. The molecule has 1 aromatic carbocycles. The van der Waals surface area contributed by atoms with Crippen LogP contribution in [0.3, 0.4) is 0 Å². The molecule has 4 nitrogen and oxygen atoms in total. The van der Waals surface area contributed by atoms with Crippen molar-refractivity contribution < 1.29 is 14.6 Å². The molecule has 0 aromatic heterocycles. The molecule has 21 heavy (non-hydrogen) atoms. The first kappa shape index (κ1) is 15.8. The predicted octanol–water partition coefficient (Wildman–Crippen LogP) is 2.45. The molecule has 1 fully saturated rings. The molecule has 0 atom stereocenters. The molecule has 1 saturated carbocycles. The van der Waals surface area contributed by atoms with Crippen LogP contribution >= 0.6 is 0 Å². The predicted molar refractivity (Wildman–Crippen MR) is 82.5 cm³/mol. The van der Waals surface area contributed by atoms with E-state index in [1.54, 1.807) is 0 Å². The van der Waals surface area contributed by atoms with Crippen molar-refractivity contribution in [3.63, 3.8) is 0 Å². The van der Waals surface area contributed by atoms with Crippen LogP contribution < -0.4 is 4.74 Å². The monoisotopic (exact) mass is 291 g/mol. The van der Waals surface area contributed by atoms with Crippen molar-refractivity contribution in [3.8, 4) is 5.75 Å². The summed E-state index contributed by atoms with van der Waals surface area (Å²) in [7, 11) is 0. The molecule has 0 aliphatic heterocycles. The van der Waals surface area contributed by atoms with E-state index in [-0.39, 0.29) is 12.5 Å². The highest BCUT2D eigenvalue weighted by atomic mass is 16.5. The largest absolute Gasteiger partial charge is 0.493 e. The third-order valence-corrected chi connectivity index (χ3v) is 3.96. The van der Waals surface area contributed by atoms with Crippen molar-refractivity contribution in [2.45, 2.75) is 45.6 Å². The summed E-state index contributed by atoms with van der Waals surface area (Å²) in [6, 6.07) is 6.38. The first-order valence-corrected chi connectivity index (χ1v) is 7.71. The highest BCUT2D eigenvalue weighted by Crippen LogP contribution is 2.25. The smallest absolute Gasteiger partial charge is 0.226 e. The number of benzene rings is 1. The van der Waals surface area contributed by atoms with Crippen molar-refractivity contribution in [2.75, 3.05) is 19.8 Å². The van der Waals surface area contributed by atoms with Crippen LogP contribution in [0.15, 0.2) is 18.2 Å². The summed E-state index contributed by atoms with van der Waals surface area (Å²) in [6.07, 6.45) is 3.66. The Labute approximate surface area is 126 Å². The van der Waals surface area contributed by atoms with Gasteiger partial charge in [0, 0.05) is 12.6 Å². The summed E-state index contributed by atoms with van der Waals surface area (Å²) < 4.78 is 5.69. The fourth-order valence-corrected chi connectivity index (χ4v) is 2.73. The molecular weight excluding hydrogens is 266 g/mol. The van der Waals surface area contributed by atoms with Crippen molar-refractivity contribution >= 4 is 5.91 Å². The number of ether oxygens (including phenoxy) is 1. The molecule has 0 spiro atoms. The van der Waals surface area contributed by atoms with Gasteiger partial charge in [-0.25, -0.2) is 0 Å². The third kappa shape index (κ3) is 4.46. The van der Waals surface area contributed by atoms with E-state index in [1.165, 1.54) is 6.42 Å². The van der Waals surface area contributed by atoms with Gasteiger partial charge < -0.3 is 14.7 Å². The van der Waals surface area contributed by atoms with Crippen LogP contribution in [-0.4, -0.2) is 41.7 Å². The van der Waals surface area contributed by atoms with E-state index in [9.17, 15) is 4.79 Å². The zero-order valence-electron chi connectivity index (χ0n) is 13.0. The second-order valence-electron chi connectivity index (χ2n) is 5.82. The van der Waals surface area contributed by atoms with Crippen LogP contribution in [0, 0.1) is 13.8 Å². The number of amides is 1.